The number of nitrogens with one attached hydrogen (secondary N) is 1. The molecule has 3 nitrogen and oxygen atoms in total. The predicted molar refractivity (Wildman–Crippen MR) is 76.1 cm³/mol. The highest BCUT2D eigenvalue weighted by atomic mass is 35.5. The third-order valence-corrected chi connectivity index (χ3v) is 3.97. The normalized spacial score (nSPS) is 10.3. The van der Waals surface area contributed by atoms with Gasteiger partial charge in [-0.05, 0) is 29.6 Å². The Balaban J connectivity index is 2.09. The van der Waals surface area contributed by atoms with Crippen LogP contribution in [-0.4, -0.2) is 5.84 Å². The molecule has 0 radical (unpaired) electrons. The van der Waals surface area contributed by atoms with E-state index in [-0.39, 0.29) is 5.84 Å². The first-order chi connectivity index (χ1) is 8.58. The molecular weight excluding hydrogens is 291 g/mol. The second-order valence-electron chi connectivity index (χ2n) is 3.54. The summed E-state index contributed by atoms with van der Waals surface area (Å²) in [6, 6.07) is 6.86. The summed E-state index contributed by atoms with van der Waals surface area (Å²) in [6.07, 6.45) is 0. The predicted octanol–water partition coefficient (Wildman–Crippen LogP) is 3.92. The zero-order valence-corrected chi connectivity index (χ0v) is 11.6. The van der Waals surface area contributed by atoms with E-state index in [1.54, 1.807) is 18.2 Å². The first-order valence-electron chi connectivity index (χ1n) is 5.06. The molecule has 0 saturated heterocycles. The van der Waals surface area contributed by atoms with E-state index in [0.29, 0.717) is 28.0 Å². The monoisotopic (exact) mass is 300 g/mol. The lowest BCUT2D eigenvalue weighted by Gasteiger charge is -2.08. The Morgan fingerprint density at radius 3 is 2.61 bits per heavy atom. The summed E-state index contributed by atoms with van der Waals surface area (Å²) in [5.41, 5.74) is 5.88. The first kappa shape index (κ1) is 13.2. The number of nitrogens with two attached hydrogens (primary N) is 1. The lowest BCUT2D eigenvalue weighted by molar-refractivity contribution is 0.310. The molecule has 0 unspecified atom stereocenters. The molecule has 0 atom stereocenters. The lowest BCUT2D eigenvalue weighted by atomic mass is 10.2. The van der Waals surface area contributed by atoms with Crippen molar-refractivity contribution in [3.05, 3.63) is 50.1 Å². The average molecular weight is 301 g/mol. The molecule has 0 aliphatic carbocycles. The van der Waals surface area contributed by atoms with Crippen molar-refractivity contribution in [3.8, 4) is 5.75 Å². The highest BCUT2D eigenvalue weighted by Crippen LogP contribution is 2.26. The van der Waals surface area contributed by atoms with Gasteiger partial charge in [0.05, 0.1) is 14.9 Å². The number of hydrogen-bond donors (Lipinski definition) is 2. The van der Waals surface area contributed by atoms with Crippen molar-refractivity contribution in [1.29, 1.82) is 5.41 Å². The summed E-state index contributed by atoms with van der Waals surface area (Å²) in [4.78, 5) is 0.962. The van der Waals surface area contributed by atoms with E-state index < -0.39 is 0 Å². The number of benzene rings is 1. The summed E-state index contributed by atoms with van der Waals surface area (Å²) < 4.78 is 5.58. The van der Waals surface area contributed by atoms with E-state index >= 15 is 0 Å². The van der Waals surface area contributed by atoms with E-state index in [1.165, 1.54) is 11.3 Å². The van der Waals surface area contributed by atoms with Crippen molar-refractivity contribution < 1.29 is 4.74 Å². The van der Waals surface area contributed by atoms with Gasteiger partial charge in [-0.15, -0.1) is 11.3 Å². The van der Waals surface area contributed by atoms with Crippen LogP contribution >= 0.6 is 34.5 Å². The highest BCUT2D eigenvalue weighted by molar-refractivity contribution is 7.10. The second-order valence-corrected chi connectivity index (χ2v) is 5.35. The van der Waals surface area contributed by atoms with Crippen LogP contribution in [0, 0.1) is 5.41 Å². The third-order valence-electron chi connectivity index (χ3n) is 2.29. The van der Waals surface area contributed by atoms with Gasteiger partial charge in [-0.1, -0.05) is 23.2 Å². The van der Waals surface area contributed by atoms with E-state index in [0.717, 1.165) is 4.88 Å². The Hall–Kier alpha value is -1.23. The van der Waals surface area contributed by atoms with Crippen molar-refractivity contribution in [2.24, 2.45) is 5.73 Å². The molecule has 1 aromatic carbocycles. The maximum atomic E-state index is 7.33. The molecule has 0 aliphatic heterocycles. The molecule has 18 heavy (non-hydrogen) atoms. The van der Waals surface area contributed by atoms with Crippen LogP contribution in [0.5, 0.6) is 5.75 Å². The minimum atomic E-state index is -0.0622. The summed E-state index contributed by atoms with van der Waals surface area (Å²) in [5, 5.41) is 10.3. The Kier molecular flexibility index (Phi) is 4.11. The lowest BCUT2D eigenvalue weighted by Crippen LogP contribution is -2.11. The molecule has 0 fully saturated rings. The molecule has 94 valence electrons. The molecule has 0 amide bonds. The molecule has 2 aromatic rings. The number of halogens is 2. The summed E-state index contributed by atoms with van der Waals surface area (Å²) >= 11 is 13.5. The van der Waals surface area contributed by atoms with Gasteiger partial charge in [0.15, 0.2) is 0 Å². The minimum absolute atomic E-state index is 0.0622. The fourth-order valence-electron chi connectivity index (χ4n) is 1.38. The fourth-order valence-corrected chi connectivity index (χ4v) is 2.66. The zero-order valence-electron chi connectivity index (χ0n) is 9.24. The maximum Gasteiger partial charge on any atom is 0.124 e. The molecule has 0 saturated carbocycles. The molecule has 0 spiro atoms. The maximum absolute atomic E-state index is 7.33. The van der Waals surface area contributed by atoms with Gasteiger partial charge in [0.1, 0.15) is 18.2 Å². The van der Waals surface area contributed by atoms with Crippen molar-refractivity contribution in [2.45, 2.75) is 6.61 Å². The number of rotatable bonds is 4. The first-order valence-corrected chi connectivity index (χ1v) is 6.70. The van der Waals surface area contributed by atoms with E-state index in [9.17, 15) is 0 Å². The van der Waals surface area contributed by atoms with E-state index in [4.69, 9.17) is 39.1 Å². The molecular formula is C12H10Cl2N2OS. The topological polar surface area (TPSA) is 59.1 Å². The number of hydrogen-bond acceptors (Lipinski definition) is 3. The second kappa shape index (κ2) is 5.61. The molecule has 0 bridgehead atoms. The van der Waals surface area contributed by atoms with Gasteiger partial charge in [0.2, 0.25) is 0 Å². The van der Waals surface area contributed by atoms with Crippen molar-refractivity contribution in [1.82, 2.24) is 0 Å². The van der Waals surface area contributed by atoms with Crippen LogP contribution < -0.4 is 10.5 Å². The number of nitrogen functional groups attached to an aromatic ring is 1. The van der Waals surface area contributed by atoms with Crippen molar-refractivity contribution in [2.75, 3.05) is 0 Å². The van der Waals surface area contributed by atoms with Gasteiger partial charge in [-0.25, -0.2) is 0 Å². The van der Waals surface area contributed by atoms with Crippen LogP contribution in [-0.2, 0) is 6.61 Å². The molecule has 1 heterocycles. The van der Waals surface area contributed by atoms with Crippen LogP contribution in [0.25, 0.3) is 0 Å². The van der Waals surface area contributed by atoms with Crippen LogP contribution in [0.15, 0.2) is 29.6 Å². The Labute approximate surface area is 119 Å². The Morgan fingerprint density at radius 2 is 2.06 bits per heavy atom. The number of amidine groups is 1. The Bertz CT molecular complexity index is 583. The summed E-state index contributed by atoms with van der Waals surface area (Å²) in [7, 11) is 0. The van der Waals surface area contributed by atoms with Gasteiger partial charge in [-0.3, -0.25) is 5.41 Å². The van der Waals surface area contributed by atoms with Crippen LogP contribution in [0.1, 0.15) is 10.4 Å². The van der Waals surface area contributed by atoms with Gasteiger partial charge < -0.3 is 10.5 Å². The van der Waals surface area contributed by atoms with Gasteiger partial charge in [0.25, 0.3) is 0 Å². The summed E-state index contributed by atoms with van der Waals surface area (Å²) in [5.74, 6) is 0.558. The number of thiophene rings is 1. The molecule has 6 heteroatoms. The zero-order chi connectivity index (χ0) is 13.1. The largest absolute Gasteiger partial charge is 0.488 e. The van der Waals surface area contributed by atoms with Crippen molar-refractivity contribution >= 4 is 40.4 Å². The van der Waals surface area contributed by atoms with Gasteiger partial charge >= 0.3 is 0 Å². The smallest absolute Gasteiger partial charge is 0.124 e. The van der Waals surface area contributed by atoms with Crippen LogP contribution in [0.4, 0.5) is 0 Å². The van der Waals surface area contributed by atoms with Crippen LogP contribution in [0.2, 0.25) is 10.0 Å². The standard InChI is InChI=1S/C12H10Cl2N2OS/c13-9-3-4-18-11(9)6-17-7-1-2-8(12(15)16)10(14)5-7/h1-5H,6H2,(H3,15,16). The quantitative estimate of drug-likeness (QED) is 0.664. The van der Waals surface area contributed by atoms with E-state index in [2.05, 4.69) is 0 Å². The average Bonchev–Trinajstić information content (AvgIpc) is 2.72. The van der Waals surface area contributed by atoms with Gasteiger partial charge in [-0.2, -0.15) is 0 Å². The summed E-state index contributed by atoms with van der Waals surface area (Å²) in [6.45, 7) is 0.395. The number of ether oxygens (including phenoxy) is 1. The molecule has 3 N–H and O–H groups in total. The molecule has 1 aromatic heterocycles. The minimum Gasteiger partial charge on any atom is -0.488 e. The fraction of sp³-hybridized carbons (Fsp3) is 0.0833. The van der Waals surface area contributed by atoms with Gasteiger partial charge in [0, 0.05) is 5.56 Å². The van der Waals surface area contributed by atoms with Crippen molar-refractivity contribution in [3.63, 3.8) is 0 Å². The molecule has 0 aliphatic rings. The Morgan fingerprint density at radius 1 is 1.28 bits per heavy atom. The highest BCUT2D eigenvalue weighted by Gasteiger charge is 2.07. The SMILES string of the molecule is N=C(N)c1ccc(OCc2sccc2Cl)cc1Cl. The molecule has 2 rings (SSSR count). The van der Waals surface area contributed by atoms with Crippen LogP contribution in [0.3, 0.4) is 0 Å². The third kappa shape index (κ3) is 2.96. The van der Waals surface area contributed by atoms with E-state index in [1.807, 2.05) is 11.4 Å².